The van der Waals surface area contributed by atoms with Crippen LogP contribution in [0.2, 0.25) is 5.02 Å². The largest absolute Gasteiger partial charge is 0.497 e. The zero-order valence-corrected chi connectivity index (χ0v) is 16.6. The monoisotopic (exact) mass is 387 g/mol. The average Bonchev–Trinajstić information content (AvgIpc) is 2.70. The minimum atomic E-state index is -0.163. The number of nitrogens with one attached hydrogen (secondary N) is 1. The topological polar surface area (TPSA) is 44.8 Å². The number of amides is 1. The number of ether oxygens (including phenoxy) is 1. The third kappa shape index (κ3) is 5.45. The van der Waals surface area contributed by atoms with Crippen LogP contribution in [-0.4, -0.2) is 55.0 Å². The second-order valence-corrected chi connectivity index (χ2v) is 7.27. The Labute approximate surface area is 165 Å². The molecule has 1 aliphatic rings. The summed E-state index contributed by atoms with van der Waals surface area (Å²) in [6.07, 6.45) is 0. The number of carbonyl (C=O) groups excluding carboxylic acids is 1. The van der Waals surface area contributed by atoms with E-state index in [0.29, 0.717) is 5.02 Å². The third-order valence-corrected chi connectivity index (χ3v) is 5.26. The van der Waals surface area contributed by atoms with Crippen LogP contribution in [0.5, 0.6) is 5.75 Å². The summed E-state index contributed by atoms with van der Waals surface area (Å²) in [5, 5.41) is 3.62. The minimum absolute atomic E-state index is 0.0147. The highest BCUT2D eigenvalue weighted by atomic mass is 35.5. The first-order chi connectivity index (χ1) is 13.0. The molecule has 0 spiro atoms. The molecule has 144 valence electrons. The number of halogens is 1. The van der Waals surface area contributed by atoms with Crippen molar-refractivity contribution >= 4 is 23.2 Å². The molecule has 0 saturated carbocycles. The summed E-state index contributed by atoms with van der Waals surface area (Å²) in [6, 6.07) is 15.2. The normalized spacial score (nSPS) is 16.7. The predicted octanol–water partition coefficient (Wildman–Crippen LogP) is 3.49. The van der Waals surface area contributed by atoms with Gasteiger partial charge in [-0.15, -0.1) is 0 Å². The molecule has 1 N–H and O–H groups in total. The summed E-state index contributed by atoms with van der Waals surface area (Å²) in [5.74, 6) is 0.894. The molecule has 3 rings (SSSR count). The van der Waals surface area contributed by atoms with E-state index in [1.165, 1.54) is 5.56 Å². The standard InChI is InChI=1S/C21H26ClN3O2/c1-16(21(26)23-19-7-5-18(22)6-8-19)25-13-11-24(12-14-25)15-17-3-9-20(27-2)10-4-17/h3-10,16H,11-15H2,1-2H3,(H,23,26)/t16-/m1/s1. The van der Waals surface area contributed by atoms with Crippen molar-refractivity contribution in [1.82, 2.24) is 9.80 Å². The van der Waals surface area contributed by atoms with Crippen molar-refractivity contribution in [3.63, 3.8) is 0 Å². The van der Waals surface area contributed by atoms with E-state index < -0.39 is 0 Å². The maximum absolute atomic E-state index is 12.5. The maximum Gasteiger partial charge on any atom is 0.241 e. The minimum Gasteiger partial charge on any atom is -0.497 e. The Kier molecular flexibility index (Phi) is 6.72. The molecule has 1 fully saturated rings. The van der Waals surface area contributed by atoms with Gasteiger partial charge in [0.2, 0.25) is 5.91 Å². The fraction of sp³-hybridized carbons (Fsp3) is 0.381. The summed E-state index contributed by atoms with van der Waals surface area (Å²) in [4.78, 5) is 17.2. The summed E-state index contributed by atoms with van der Waals surface area (Å²) in [5.41, 5.74) is 2.05. The van der Waals surface area contributed by atoms with E-state index in [9.17, 15) is 4.79 Å². The average molecular weight is 388 g/mol. The number of piperazine rings is 1. The molecule has 0 radical (unpaired) electrons. The van der Waals surface area contributed by atoms with Crippen LogP contribution >= 0.6 is 11.6 Å². The summed E-state index contributed by atoms with van der Waals surface area (Å²) >= 11 is 5.89. The molecule has 1 saturated heterocycles. The molecule has 0 aromatic heterocycles. The van der Waals surface area contributed by atoms with Crippen molar-refractivity contribution in [3.8, 4) is 5.75 Å². The second kappa shape index (κ2) is 9.22. The lowest BCUT2D eigenvalue weighted by Crippen LogP contribution is -2.52. The second-order valence-electron chi connectivity index (χ2n) is 6.83. The first-order valence-corrected chi connectivity index (χ1v) is 9.59. The van der Waals surface area contributed by atoms with Crippen LogP contribution in [0.25, 0.3) is 0 Å². The van der Waals surface area contributed by atoms with E-state index in [1.54, 1.807) is 19.2 Å². The molecule has 1 atom stereocenters. The molecule has 2 aromatic carbocycles. The highest BCUT2D eigenvalue weighted by molar-refractivity contribution is 6.30. The van der Waals surface area contributed by atoms with Crippen LogP contribution in [0.15, 0.2) is 48.5 Å². The van der Waals surface area contributed by atoms with Crippen molar-refractivity contribution in [1.29, 1.82) is 0 Å². The SMILES string of the molecule is COc1ccc(CN2CCN([C@H](C)C(=O)Nc3ccc(Cl)cc3)CC2)cc1. The van der Waals surface area contributed by atoms with Crippen LogP contribution in [0, 0.1) is 0 Å². The Morgan fingerprint density at radius 2 is 1.70 bits per heavy atom. The Hall–Kier alpha value is -2.08. The van der Waals surface area contributed by atoms with E-state index in [0.717, 1.165) is 44.2 Å². The van der Waals surface area contributed by atoms with Gasteiger partial charge in [0.25, 0.3) is 0 Å². The number of hydrogen-bond donors (Lipinski definition) is 1. The number of benzene rings is 2. The lowest BCUT2D eigenvalue weighted by atomic mass is 10.1. The zero-order chi connectivity index (χ0) is 19.2. The van der Waals surface area contributed by atoms with Gasteiger partial charge in [-0.3, -0.25) is 14.6 Å². The number of methoxy groups -OCH3 is 1. The third-order valence-electron chi connectivity index (χ3n) is 5.01. The van der Waals surface area contributed by atoms with Gasteiger partial charge in [0.15, 0.2) is 0 Å². The van der Waals surface area contributed by atoms with Gasteiger partial charge in [0, 0.05) is 43.4 Å². The van der Waals surface area contributed by atoms with Gasteiger partial charge in [0.05, 0.1) is 13.2 Å². The maximum atomic E-state index is 12.5. The Morgan fingerprint density at radius 1 is 1.07 bits per heavy atom. The van der Waals surface area contributed by atoms with Crippen molar-refractivity contribution < 1.29 is 9.53 Å². The molecule has 1 heterocycles. The fourth-order valence-corrected chi connectivity index (χ4v) is 3.37. The van der Waals surface area contributed by atoms with E-state index in [2.05, 4.69) is 27.2 Å². The number of hydrogen-bond acceptors (Lipinski definition) is 4. The first-order valence-electron chi connectivity index (χ1n) is 9.21. The molecule has 6 heteroatoms. The van der Waals surface area contributed by atoms with Crippen LogP contribution in [0.1, 0.15) is 12.5 Å². The molecular weight excluding hydrogens is 362 g/mol. The van der Waals surface area contributed by atoms with Gasteiger partial charge in [-0.05, 0) is 48.9 Å². The summed E-state index contributed by atoms with van der Waals surface area (Å²) in [7, 11) is 1.68. The zero-order valence-electron chi connectivity index (χ0n) is 15.8. The molecule has 1 aliphatic heterocycles. The summed E-state index contributed by atoms with van der Waals surface area (Å²) in [6.45, 7) is 6.54. The van der Waals surface area contributed by atoms with Gasteiger partial charge in [-0.25, -0.2) is 0 Å². The highest BCUT2D eigenvalue weighted by Gasteiger charge is 2.25. The molecular formula is C21H26ClN3O2. The molecule has 0 bridgehead atoms. The number of nitrogens with zero attached hydrogens (tertiary/aromatic N) is 2. The van der Waals surface area contributed by atoms with Gasteiger partial charge < -0.3 is 10.1 Å². The number of carbonyl (C=O) groups is 1. The highest BCUT2D eigenvalue weighted by Crippen LogP contribution is 2.17. The first kappa shape index (κ1) is 19.7. The van der Waals surface area contributed by atoms with Gasteiger partial charge in [-0.2, -0.15) is 0 Å². The van der Waals surface area contributed by atoms with Crippen LogP contribution in [0.4, 0.5) is 5.69 Å². The van der Waals surface area contributed by atoms with Crippen LogP contribution in [-0.2, 0) is 11.3 Å². The van der Waals surface area contributed by atoms with Crippen molar-refractivity contribution in [3.05, 3.63) is 59.1 Å². The van der Waals surface area contributed by atoms with Crippen molar-refractivity contribution in [2.75, 3.05) is 38.6 Å². The quantitative estimate of drug-likeness (QED) is 0.824. The predicted molar refractivity (Wildman–Crippen MR) is 109 cm³/mol. The van der Waals surface area contributed by atoms with Crippen LogP contribution in [0.3, 0.4) is 0 Å². The molecule has 0 unspecified atom stereocenters. The Morgan fingerprint density at radius 3 is 2.30 bits per heavy atom. The van der Waals surface area contributed by atoms with E-state index >= 15 is 0 Å². The van der Waals surface area contributed by atoms with Gasteiger partial charge in [0.1, 0.15) is 5.75 Å². The Bertz CT molecular complexity index is 741. The molecule has 27 heavy (non-hydrogen) atoms. The van der Waals surface area contributed by atoms with Gasteiger partial charge >= 0.3 is 0 Å². The van der Waals surface area contributed by atoms with E-state index in [1.807, 2.05) is 31.2 Å². The van der Waals surface area contributed by atoms with Gasteiger partial charge in [-0.1, -0.05) is 23.7 Å². The number of anilines is 1. The smallest absolute Gasteiger partial charge is 0.241 e. The van der Waals surface area contributed by atoms with Crippen LogP contribution < -0.4 is 10.1 Å². The lowest BCUT2D eigenvalue weighted by Gasteiger charge is -2.37. The van der Waals surface area contributed by atoms with E-state index in [4.69, 9.17) is 16.3 Å². The number of rotatable bonds is 6. The van der Waals surface area contributed by atoms with E-state index in [-0.39, 0.29) is 11.9 Å². The fourth-order valence-electron chi connectivity index (χ4n) is 3.24. The lowest BCUT2D eigenvalue weighted by molar-refractivity contribution is -0.121. The van der Waals surface area contributed by atoms with Crippen molar-refractivity contribution in [2.24, 2.45) is 0 Å². The molecule has 2 aromatic rings. The molecule has 0 aliphatic carbocycles. The Balaban J connectivity index is 1.47. The molecule has 1 amide bonds. The van der Waals surface area contributed by atoms with Crippen molar-refractivity contribution in [2.45, 2.75) is 19.5 Å². The summed E-state index contributed by atoms with van der Waals surface area (Å²) < 4.78 is 5.21. The molecule has 5 nitrogen and oxygen atoms in total.